The van der Waals surface area contributed by atoms with Crippen molar-refractivity contribution in [3.05, 3.63) is 45.0 Å². The third-order valence-corrected chi connectivity index (χ3v) is 11.5. The van der Waals surface area contributed by atoms with Crippen LogP contribution in [0.25, 0.3) is 33.7 Å². The zero-order valence-corrected chi connectivity index (χ0v) is 29.4. The number of anilines is 1. The molecule has 0 aliphatic carbocycles. The minimum absolute atomic E-state index is 0.0843. The summed E-state index contributed by atoms with van der Waals surface area (Å²) < 4.78 is 38.3. The summed E-state index contributed by atoms with van der Waals surface area (Å²) in [6.45, 7) is 13.5. The number of benzene rings is 1. The molecule has 4 unspecified atom stereocenters. The lowest BCUT2D eigenvalue weighted by Crippen LogP contribution is -2.55. The van der Waals surface area contributed by atoms with E-state index in [1.54, 1.807) is 0 Å². The highest BCUT2D eigenvalue weighted by molar-refractivity contribution is 7.23. The van der Waals surface area contributed by atoms with Gasteiger partial charge in [-0.25, -0.2) is 13.8 Å². The van der Waals surface area contributed by atoms with E-state index >= 15 is 4.39 Å². The Morgan fingerprint density at radius 3 is 2.61 bits per heavy atom. The Morgan fingerprint density at radius 1 is 1.22 bits per heavy atom. The van der Waals surface area contributed by atoms with E-state index in [1.807, 2.05) is 13.8 Å². The number of nitrogen functional groups attached to an aromatic ring is 1. The number of thiophene rings is 1. The lowest BCUT2D eigenvalue weighted by molar-refractivity contribution is 0.0658. The number of rotatable bonds is 7. The second kappa shape index (κ2) is 13.2. The molecule has 3 N–H and O–H groups in total. The summed E-state index contributed by atoms with van der Waals surface area (Å²) in [6, 6.07) is 2.35. The van der Waals surface area contributed by atoms with Crippen LogP contribution in [0.3, 0.4) is 0 Å². The number of aliphatic hydroxyl groups is 1. The van der Waals surface area contributed by atoms with E-state index in [1.165, 1.54) is 0 Å². The van der Waals surface area contributed by atoms with Gasteiger partial charge in [0.15, 0.2) is 5.82 Å². The van der Waals surface area contributed by atoms with Gasteiger partial charge in [-0.2, -0.15) is 5.26 Å². The van der Waals surface area contributed by atoms with Crippen molar-refractivity contribution in [1.82, 2.24) is 24.6 Å². The fourth-order valence-electron chi connectivity index (χ4n) is 8.47. The molecule has 3 saturated heterocycles. The molecule has 2 aromatic heterocycles. The molecule has 0 amide bonds. The molecule has 3 aromatic rings. The van der Waals surface area contributed by atoms with Gasteiger partial charge in [-0.15, -0.1) is 11.3 Å². The second-order valence-electron chi connectivity index (χ2n) is 14.3. The third-order valence-electron chi connectivity index (χ3n) is 10.5. The zero-order chi connectivity index (χ0) is 34.7. The van der Waals surface area contributed by atoms with Crippen molar-refractivity contribution < 1.29 is 18.6 Å². The highest BCUT2D eigenvalue weighted by Gasteiger charge is 2.42. The largest absolute Gasteiger partial charge is 0.392 e. The number of aliphatic imine (C=N–C) groups is 1. The highest BCUT2D eigenvalue weighted by Crippen LogP contribution is 2.42. The number of likely N-dealkylation sites (tertiary alicyclic amines) is 2. The molecule has 3 fully saturated rings. The van der Waals surface area contributed by atoms with Crippen LogP contribution < -0.4 is 16.2 Å². The topological polar surface area (TPSA) is 117 Å². The molecule has 7 rings (SSSR count). The Morgan fingerprint density at radius 2 is 1.94 bits per heavy atom. The Labute approximate surface area is 289 Å². The molecular formula is C36H44F2N8O2S. The van der Waals surface area contributed by atoms with Gasteiger partial charge in [0.2, 0.25) is 0 Å². The normalized spacial score (nSPS) is 23.9. The van der Waals surface area contributed by atoms with Crippen LogP contribution in [0.1, 0.15) is 49.8 Å². The average molecular weight is 691 g/mol. The molecule has 260 valence electrons. The quantitative estimate of drug-likeness (QED) is 0.285. The van der Waals surface area contributed by atoms with Gasteiger partial charge in [-0.05, 0) is 64.3 Å². The Kier molecular flexibility index (Phi) is 9.13. The van der Waals surface area contributed by atoms with Gasteiger partial charge >= 0.3 is 0 Å². The van der Waals surface area contributed by atoms with Crippen LogP contribution in [0.4, 0.5) is 13.8 Å². The lowest BCUT2D eigenvalue weighted by atomic mass is 9.93. The van der Waals surface area contributed by atoms with Crippen molar-refractivity contribution in [2.45, 2.75) is 64.5 Å². The number of aliphatic hydroxyl groups excluding tert-OH is 1. The van der Waals surface area contributed by atoms with E-state index in [-0.39, 0.29) is 62.4 Å². The highest BCUT2D eigenvalue weighted by atomic mass is 32.1. The number of piperazine rings is 1. The number of pyridine rings is 1. The van der Waals surface area contributed by atoms with Crippen LogP contribution in [-0.2, 0) is 18.0 Å². The standard InChI is InChI=1S/C36H44F2N8O2S/c1-19(47)12-44-15-23-6-7-24(16-44)46(23)36(42-21(3)45-9-8-22(14-45)13-43(4)5)29-20(2)32(38)30(27-18-48-17-26(27)29)33-31-25(10-39)35(40)49-34(31)28(37)11-41-33/h11,19,22-24,47H,2,6-9,12-18,40H2,1,3-5H3/b36-29-,42-21+. The van der Waals surface area contributed by atoms with E-state index < -0.39 is 17.7 Å². The predicted octanol–water partition coefficient (Wildman–Crippen LogP) is 3.03. The SMILES string of the molecule is C=c1c(F)c(-c2ncc(F)c3sc(N)c(C#N)c23)c2c(/c1=C(/N=C(\C)N1CCC(CN(C)C)C1)N1C3CCC1CN(CC(C)O)C3)COC2. The summed E-state index contributed by atoms with van der Waals surface area (Å²) in [5, 5.41) is 21.3. The molecule has 4 atom stereocenters. The maximum atomic E-state index is 17.1. The first-order valence-corrected chi connectivity index (χ1v) is 17.8. The fourth-order valence-corrected chi connectivity index (χ4v) is 9.39. The molecule has 0 radical (unpaired) electrons. The molecule has 1 aromatic carbocycles. The number of hydrogen-bond acceptors (Lipinski definition) is 10. The number of nitrogens with two attached hydrogens (primary N) is 1. The number of aromatic nitrogens is 1. The van der Waals surface area contributed by atoms with Crippen LogP contribution in [0, 0.1) is 28.9 Å². The molecule has 13 heteroatoms. The van der Waals surface area contributed by atoms with Crippen molar-refractivity contribution in [3.8, 4) is 17.3 Å². The molecular weight excluding hydrogens is 647 g/mol. The molecule has 4 aliphatic rings. The van der Waals surface area contributed by atoms with E-state index in [0.29, 0.717) is 29.1 Å². The van der Waals surface area contributed by atoms with E-state index in [4.69, 9.17) is 15.5 Å². The minimum atomic E-state index is -0.614. The number of β-amino-alcohol motifs (C(OH)–C–C–N with tert-alkyl or cyclic N) is 1. The summed E-state index contributed by atoms with van der Waals surface area (Å²) in [4.78, 5) is 19.0. The van der Waals surface area contributed by atoms with Crippen LogP contribution >= 0.6 is 11.3 Å². The molecule has 10 nitrogen and oxygen atoms in total. The molecule has 6 heterocycles. The second-order valence-corrected chi connectivity index (χ2v) is 15.4. The molecule has 0 saturated carbocycles. The number of nitriles is 1. The summed E-state index contributed by atoms with van der Waals surface area (Å²) in [6.07, 6.45) is 3.64. The Bertz CT molecular complexity index is 1980. The van der Waals surface area contributed by atoms with Crippen LogP contribution in [0.5, 0.6) is 0 Å². The first kappa shape index (κ1) is 33.8. The Hall–Kier alpha value is -3.67. The van der Waals surface area contributed by atoms with Crippen molar-refractivity contribution in [2.24, 2.45) is 10.9 Å². The average Bonchev–Trinajstić information content (AvgIpc) is 3.83. The first-order chi connectivity index (χ1) is 23.5. The van der Waals surface area contributed by atoms with Gasteiger partial charge in [0.25, 0.3) is 0 Å². The summed E-state index contributed by atoms with van der Waals surface area (Å²) in [7, 11) is 4.19. The molecule has 49 heavy (non-hydrogen) atoms. The maximum absolute atomic E-state index is 17.1. The number of ether oxygens (including phenoxy) is 1. The van der Waals surface area contributed by atoms with Gasteiger partial charge in [-0.3, -0.25) is 9.88 Å². The molecule has 2 bridgehead atoms. The Balaban J connectivity index is 1.44. The van der Waals surface area contributed by atoms with Gasteiger partial charge in [0, 0.05) is 72.7 Å². The summed E-state index contributed by atoms with van der Waals surface area (Å²) in [5.74, 6) is 0.909. The van der Waals surface area contributed by atoms with E-state index in [2.05, 4.69) is 51.3 Å². The fraction of sp³-hybridized carbons (Fsp3) is 0.528. The first-order valence-electron chi connectivity index (χ1n) is 17.0. The van der Waals surface area contributed by atoms with Crippen molar-refractivity contribution >= 4 is 44.7 Å². The van der Waals surface area contributed by atoms with Crippen molar-refractivity contribution in [2.75, 3.05) is 59.1 Å². The van der Waals surface area contributed by atoms with Gasteiger partial charge in [0.05, 0.1) is 41.5 Å². The van der Waals surface area contributed by atoms with Crippen molar-refractivity contribution in [3.63, 3.8) is 0 Å². The van der Waals surface area contributed by atoms with Gasteiger partial charge in [-0.1, -0.05) is 6.58 Å². The van der Waals surface area contributed by atoms with Gasteiger partial charge < -0.3 is 30.3 Å². The lowest BCUT2D eigenvalue weighted by Gasteiger charge is -2.43. The predicted molar refractivity (Wildman–Crippen MR) is 189 cm³/mol. The number of halogens is 2. The molecule has 0 spiro atoms. The van der Waals surface area contributed by atoms with E-state index in [0.717, 1.165) is 80.9 Å². The smallest absolute Gasteiger partial charge is 0.159 e. The van der Waals surface area contributed by atoms with Crippen molar-refractivity contribution in [1.29, 1.82) is 5.26 Å². The summed E-state index contributed by atoms with van der Waals surface area (Å²) in [5.41, 5.74) is 7.92. The monoisotopic (exact) mass is 690 g/mol. The van der Waals surface area contributed by atoms with Crippen LogP contribution in [0.2, 0.25) is 0 Å². The molecule has 4 aliphatic heterocycles. The minimum Gasteiger partial charge on any atom is -0.392 e. The maximum Gasteiger partial charge on any atom is 0.159 e. The number of fused-ring (bicyclic) bond motifs is 4. The number of amidine groups is 1. The zero-order valence-electron chi connectivity index (χ0n) is 28.6. The van der Waals surface area contributed by atoms with E-state index in [9.17, 15) is 14.8 Å². The summed E-state index contributed by atoms with van der Waals surface area (Å²) >= 11 is 0.957. The van der Waals surface area contributed by atoms with Gasteiger partial charge in [0.1, 0.15) is 28.5 Å². The van der Waals surface area contributed by atoms with Crippen LogP contribution in [-0.4, -0.2) is 107 Å². The van der Waals surface area contributed by atoms with Crippen LogP contribution in [0.15, 0.2) is 11.2 Å². The number of nitrogens with zero attached hydrogens (tertiary/aromatic N) is 7. The third kappa shape index (κ3) is 5.97. The number of hydrogen-bond donors (Lipinski definition) is 2.